The summed E-state index contributed by atoms with van der Waals surface area (Å²) in [7, 11) is 0. The molecule has 0 N–H and O–H groups in total. The zero-order valence-electron chi connectivity index (χ0n) is 64.7. The Morgan fingerprint density at radius 3 is 1.36 bits per heavy atom. The Hall–Kier alpha value is -14.2. The Labute approximate surface area is 689 Å². The minimum Gasteiger partial charge on any atom is -0.455 e. The van der Waals surface area contributed by atoms with Gasteiger partial charge in [0, 0.05) is 101 Å². The summed E-state index contributed by atoms with van der Waals surface area (Å²) < 4.78 is 11.3. The second-order valence-electron chi connectivity index (χ2n) is 32.4. The van der Waals surface area contributed by atoms with Gasteiger partial charge >= 0.3 is 0 Å². The van der Waals surface area contributed by atoms with Gasteiger partial charge in [-0.3, -0.25) is 0 Å². The van der Waals surface area contributed by atoms with Crippen LogP contribution in [0.15, 0.2) is 362 Å². The molecule has 0 saturated heterocycles. The maximum atomic E-state index is 6.63. The number of para-hydroxylation sites is 2. The van der Waals surface area contributed by atoms with Gasteiger partial charge in [-0.25, -0.2) is 29.9 Å². The van der Waals surface area contributed by atoms with E-state index in [9.17, 15) is 0 Å². The monoisotopic (exact) mass is 1540 g/mol. The number of aromatic nitrogens is 6. The lowest BCUT2D eigenvalue weighted by atomic mass is 9.67. The number of hydrogen-bond acceptors (Lipinski definition) is 9. The Morgan fingerprint density at radius 1 is 0.263 bits per heavy atom. The van der Waals surface area contributed by atoms with Gasteiger partial charge in [0.25, 0.3) is 0 Å². The van der Waals surface area contributed by atoms with Crippen LogP contribution in [0.2, 0.25) is 0 Å². The maximum Gasteiger partial charge on any atom is 0.165 e. The molecule has 0 bridgehead atoms. The first kappa shape index (κ1) is 68.2. The first-order valence-electron chi connectivity index (χ1n) is 40.4. The van der Waals surface area contributed by atoms with E-state index >= 15 is 0 Å². The molecule has 118 heavy (non-hydrogen) atoms. The lowest BCUT2D eigenvalue weighted by molar-refractivity contribution is 0.583. The summed E-state index contributed by atoms with van der Waals surface area (Å²) in [6, 6.07) is 130. The van der Waals surface area contributed by atoms with Crippen molar-refractivity contribution in [3.63, 3.8) is 0 Å². The third kappa shape index (κ3) is 10.2. The highest BCUT2D eigenvalue weighted by atomic mass is 32.1. The van der Waals surface area contributed by atoms with Crippen LogP contribution in [0.5, 0.6) is 0 Å². The van der Waals surface area contributed by atoms with Crippen LogP contribution in [-0.4, -0.2) is 29.9 Å². The van der Waals surface area contributed by atoms with Crippen LogP contribution in [0.3, 0.4) is 0 Å². The second-order valence-corrected chi connectivity index (χ2v) is 34.5. The van der Waals surface area contributed by atoms with Crippen molar-refractivity contribution in [3.8, 4) is 124 Å². The van der Waals surface area contributed by atoms with E-state index in [0.29, 0.717) is 41.4 Å². The summed E-state index contributed by atoms with van der Waals surface area (Å²) in [5.41, 5.74) is 28.5. The number of nitrogens with zero attached hydrogens (tertiary/aromatic N) is 6. The SMILES string of the molecule is CC1(C)c2ccccc2-c2ccc(-c3ccc(-c4nc(-c5cccc6c5-c5ccccc5C6(C)Cc5cc(-c6nc(-c7ccc(-c8cccc9c8oc8ccccc89)cc7)nc(-c7cccc8c7-c7ccccc7C8(c7ccccc7)c7ccccc7)n6)c6sc7ccccc7c6c5)nc(-c5cccc6c5sc5ccccc56)n4)cc3)cc21. The van der Waals surface area contributed by atoms with E-state index in [1.165, 1.54) is 86.8 Å². The highest BCUT2D eigenvalue weighted by Gasteiger charge is 2.48. The van der Waals surface area contributed by atoms with E-state index < -0.39 is 10.8 Å². The van der Waals surface area contributed by atoms with Gasteiger partial charge in [0.15, 0.2) is 34.9 Å². The van der Waals surface area contributed by atoms with Gasteiger partial charge in [0.2, 0.25) is 0 Å². The van der Waals surface area contributed by atoms with Crippen LogP contribution in [-0.2, 0) is 22.7 Å². The molecule has 3 aliphatic carbocycles. The van der Waals surface area contributed by atoms with E-state index in [-0.39, 0.29) is 5.41 Å². The molecule has 0 radical (unpaired) electrons. The van der Waals surface area contributed by atoms with E-state index in [1.54, 1.807) is 22.7 Å². The Bertz CT molecular complexity index is 7730. The van der Waals surface area contributed by atoms with Gasteiger partial charge in [0.1, 0.15) is 11.2 Å². The highest BCUT2D eigenvalue weighted by molar-refractivity contribution is 7.26. The van der Waals surface area contributed by atoms with Gasteiger partial charge in [-0.15, -0.1) is 22.7 Å². The molecule has 0 spiro atoms. The Kier molecular flexibility index (Phi) is 15.1. The number of thiophene rings is 2. The molecule has 7 nitrogen and oxygen atoms in total. The molecule has 0 saturated carbocycles. The summed E-state index contributed by atoms with van der Waals surface area (Å²) in [4.78, 5) is 34.1. The van der Waals surface area contributed by atoms with Crippen LogP contribution >= 0.6 is 22.7 Å². The molecule has 0 fully saturated rings. The average Bonchev–Trinajstić information content (AvgIpc) is 1.53. The molecule has 5 aromatic heterocycles. The quantitative estimate of drug-likeness (QED) is 0.120. The first-order chi connectivity index (χ1) is 58.1. The van der Waals surface area contributed by atoms with Crippen molar-refractivity contribution in [3.05, 3.63) is 408 Å². The third-order valence-electron chi connectivity index (χ3n) is 25.6. The number of rotatable bonds is 12. The predicted molar refractivity (Wildman–Crippen MR) is 487 cm³/mol. The van der Waals surface area contributed by atoms with E-state index in [0.717, 1.165) is 115 Å². The zero-order valence-corrected chi connectivity index (χ0v) is 66.3. The average molecular weight is 1540 g/mol. The fourth-order valence-electron chi connectivity index (χ4n) is 20.1. The summed E-state index contributed by atoms with van der Waals surface area (Å²) in [6.07, 6.45) is 0.643. The third-order valence-corrected chi connectivity index (χ3v) is 28.0. The molecule has 0 aliphatic heterocycles. The van der Waals surface area contributed by atoms with Crippen LogP contribution < -0.4 is 0 Å². The minimum atomic E-state index is -0.649. The fourth-order valence-corrected chi connectivity index (χ4v) is 22.5. The van der Waals surface area contributed by atoms with Crippen molar-refractivity contribution in [2.75, 3.05) is 0 Å². The predicted octanol–water partition coefficient (Wildman–Crippen LogP) is 28.2. The molecule has 0 amide bonds. The molecule has 21 aromatic rings. The van der Waals surface area contributed by atoms with Crippen molar-refractivity contribution in [2.24, 2.45) is 0 Å². The molecule has 554 valence electrons. The number of furan rings is 1. The first-order valence-corrected chi connectivity index (χ1v) is 42.0. The second kappa shape index (κ2) is 26.2. The molecule has 1 atom stereocenters. The van der Waals surface area contributed by atoms with Gasteiger partial charge < -0.3 is 4.42 Å². The van der Waals surface area contributed by atoms with Crippen LogP contribution in [0.25, 0.3) is 186 Å². The lowest BCUT2D eigenvalue weighted by Crippen LogP contribution is -2.28. The summed E-state index contributed by atoms with van der Waals surface area (Å²) >= 11 is 3.58. The highest BCUT2D eigenvalue weighted by Crippen LogP contribution is 2.60. The van der Waals surface area contributed by atoms with Crippen molar-refractivity contribution >= 4 is 85.0 Å². The number of fused-ring (bicyclic) bond motifs is 18. The van der Waals surface area contributed by atoms with E-state index in [2.05, 4.69) is 367 Å². The normalized spacial score (nSPS) is 14.6. The molecule has 16 aromatic carbocycles. The number of benzene rings is 16. The Balaban J connectivity index is 0.672. The van der Waals surface area contributed by atoms with Crippen LogP contribution in [0.4, 0.5) is 0 Å². The summed E-state index contributed by atoms with van der Waals surface area (Å²) in [5, 5.41) is 6.93. The molecule has 9 heteroatoms. The smallest absolute Gasteiger partial charge is 0.165 e. The lowest BCUT2D eigenvalue weighted by Gasteiger charge is -2.33. The van der Waals surface area contributed by atoms with Crippen molar-refractivity contribution in [1.82, 2.24) is 29.9 Å². The van der Waals surface area contributed by atoms with Crippen molar-refractivity contribution < 1.29 is 4.42 Å². The summed E-state index contributed by atoms with van der Waals surface area (Å²) in [5.74, 6) is 3.61. The molecular formula is C109H70N6OS2. The topological polar surface area (TPSA) is 90.5 Å². The van der Waals surface area contributed by atoms with Crippen molar-refractivity contribution in [1.29, 1.82) is 0 Å². The molecular weight excluding hydrogens is 1470 g/mol. The molecule has 5 heterocycles. The van der Waals surface area contributed by atoms with Gasteiger partial charge in [-0.1, -0.05) is 336 Å². The number of hydrogen-bond donors (Lipinski definition) is 0. The molecule has 3 aliphatic rings. The zero-order chi connectivity index (χ0) is 78.1. The maximum absolute atomic E-state index is 6.63. The minimum absolute atomic E-state index is 0.121. The van der Waals surface area contributed by atoms with E-state index in [1.807, 2.05) is 12.1 Å². The van der Waals surface area contributed by atoms with Gasteiger partial charge in [-0.2, -0.15) is 0 Å². The van der Waals surface area contributed by atoms with Crippen LogP contribution in [0.1, 0.15) is 70.8 Å². The van der Waals surface area contributed by atoms with E-state index in [4.69, 9.17) is 34.3 Å². The largest absolute Gasteiger partial charge is 0.455 e. The molecule has 1 unspecified atom stereocenters. The fraction of sp³-hybridized carbons (Fsp3) is 0.0642. The van der Waals surface area contributed by atoms with Crippen molar-refractivity contribution in [2.45, 2.75) is 43.4 Å². The summed E-state index contributed by atoms with van der Waals surface area (Å²) in [6.45, 7) is 7.12. The standard InChI is InChI=1S/C109H70N6OS2/c1-107(2)87-42-16-10-30-73(87)74-59-58-69(62-92(74)107)65-50-54-67(55-51-65)101-110-103(114-105(112-101)84-41-23-38-79-76-32-14-20-48-94(76)117-99(79)84)82-39-24-45-90-96(82)80-34-11-17-43-88(80)108(90,3)63-64-60-85-77-33-15-21-49-95(77)118-100(85)86(61-64)106-113-102(68-56-52-66(53-57-68)72-36-22-37-78-75-31-13-19-47-93(75)116-98(72)78)111-104(115-106)83-40-25-46-91-97(83)81-35-12-18-44-89(81)109(91,70-26-6-4-7-27-70)71-28-8-5-9-29-71/h4-62H,63H2,1-3H3. The van der Waals surface area contributed by atoms with Gasteiger partial charge in [0.05, 0.1) is 5.41 Å². The molecule has 24 rings (SSSR count). The van der Waals surface area contributed by atoms with Crippen LogP contribution in [0, 0.1) is 0 Å². The van der Waals surface area contributed by atoms with Gasteiger partial charge in [-0.05, 0) is 149 Å². The Morgan fingerprint density at radius 2 is 0.695 bits per heavy atom.